The molecule has 90 valence electrons. The van der Waals surface area contributed by atoms with Gasteiger partial charge < -0.3 is 15.2 Å². The van der Waals surface area contributed by atoms with Crippen LogP contribution in [0.1, 0.15) is 6.42 Å². The SMILES string of the molecule is CN(N=C1CNCCO1)NC(=O)CC(=O)O. The zero-order valence-corrected chi connectivity index (χ0v) is 8.89. The summed E-state index contributed by atoms with van der Waals surface area (Å²) in [7, 11) is 1.49. The predicted octanol–water partition coefficient (Wildman–Crippen LogP) is -1.64. The van der Waals surface area contributed by atoms with Gasteiger partial charge in [0, 0.05) is 13.6 Å². The van der Waals surface area contributed by atoms with Gasteiger partial charge in [-0.2, -0.15) is 0 Å². The number of carboxylic acids is 1. The fourth-order valence-electron chi connectivity index (χ4n) is 1.10. The van der Waals surface area contributed by atoms with Crippen LogP contribution in [0.2, 0.25) is 0 Å². The molecule has 0 spiro atoms. The molecule has 1 saturated heterocycles. The van der Waals surface area contributed by atoms with E-state index >= 15 is 0 Å². The molecular formula is C8H14N4O4. The summed E-state index contributed by atoms with van der Waals surface area (Å²) in [6, 6.07) is 0. The van der Waals surface area contributed by atoms with Crippen LogP contribution in [0, 0.1) is 0 Å². The second kappa shape index (κ2) is 5.91. The van der Waals surface area contributed by atoms with Crippen LogP contribution < -0.4 is 10.7 Å². The smallest absolute Gasteiger partial charge is 0.312 e. The van der Waals surface area contributed by atoms with E-state index in [0.29, 0.717) is 19.0 Å². The first kappa shape index (κ1) is 12.2. The Balaban J connectivity index is 2.36. The van der Waals surface area contributed by atoms with E-state index in [1.165, 1.54) is 7.05 Å². The van der Waals surface area contributed by atoms with Crippen LogP contribution in [0.3, 0.4) is 0 Å². The normalized spacial score (nSPS) is 17.7. The number of hydrazine groups is 1. The average molecular weight is 230 g/mol. The standard InChI is InChI=1S/C8H14N4O4/c1-12(10-6(13)4-8(14)15)11-7-5-9-2-3-16-7/h9H,2-5H2,1H3,(H,10,13)(H,14,15). The largest absolute Gasteiger partial charge is 0.481 e. The molecule has 0 aromatic rings. The molecule has 0 aliphatic carbocycles. The molecule has 0 aromatic carbocycles. The van der Waals surface area contributed by atoms with Gasteiger partial charge in [-0.1, -0.05) is 0 Å². The van der Waals surface area contributed by atoms with E-state index in [4.69, 9.17) is 9.84 Å². The monoisotopic (exact) mass is 230 g/mol. The van der Waals surface area contributed by atoms with Crippen molar-refractivity contribution in [1.29, 1.82) is 0 Å². The first-order valence-corrected chi connectivity index (χ1v) is 4.74. The molecule has 1 rings (SSSR count). The van der Waals surface area contributed by atoms with Crippen molar-refractivity contribution in [3.63, 3.8) is 0 Å². The van der Waals surface area contributed by atoms with E-state index in [0.717, 1.165) is 11.7 Å². The fraction of sp³-hybridized carbons (Fsp3) is 0.625. The number of hydrogen-bond acceptors (Lipinski definition) is 6. The predicted molar refractivity (Wildman–Crippen MR) is 54.4 cm³/mol. The van der Waals surface area contributed by atoms with E-state index < -0.39 is 18.3 Å². The van der Waals surface area contributed by atoms with Crippen LogP contribution in [-0.2, 0) is 14.3 Å². The van der Waals surface area contributed by atoms with Gasteiger partial charge in [-0.15, -0.1) is 5.10 Å². The maximum Gasteiger partial charge on any atom is 0.312 e. The lowest BCUT2D eigenvalue weighted by atomic mass is 10.4. The molecule has 0 radical (unpaired) electrons. The molecule has 1 aliphatic rings. The zero-order chi connectivity index (χ0) is 12.0. The molecule has 3 N–H and O–H groups in total. The van der Waals surface area contributed by atoms with Crippen molar-refractivity contribution >= 4 is 17.8 Å². The van der Waals surface area contributed by atoms with Crippen molar-refractivity contribution < 1.29 is 19.4 Å². The number of nitrogens with one attached hydrogen (secondary N) is 2. The van der Waals surface area contributed by atoms with Crippen molar-refractivity contribution in [2.75, 3.05) is 26.7 Å². The minimum absolute atomic E-state index is 0.448. The Morgan fingerprint density at radius 2 is 2.44 bits per heavy atom. The molecule has 0 unspecified atom stereocenters. The highest BCUT2D eigenvalue weighted by Crippen LogP contribution is 1.90. The number of ether oxygens (including phenoxy) is 1. The van der Waals surface area contributed by atoms with Crippen LogP contribution in [0.4, 0.5) is 0 Å². The Morgan fingerprint density at radius 1 is 1.69 bits per heavy atom. The van der Waals surface area contributed by atoms with E-state index in [9.17, 15) is 9.59 Å². The molecular weight excluding hydrogens is 216 g/mol. The third kappa shape index (κ3) is 4.60. The van der Waals surface area contributed by atoms with Crippen molar-refractivity contribution in [2.45, 2.75) is 6.42 Å². The van der Waals surface area contributed by atoms with Crippen LogP contribution >= 0.6 is 0 Å². The zero-order valence-electron chi connectivity index (χ0n) is 8.89. The van der Waals surface area contributed by atoms with Crippen LogP contribution in [0.15, 0.2) is 5.10 Å². The molecule has 0 atom stereocenters. The second-order valence-electron chi connectivity index (χ2n) is 3.15. The number of carboxylic acid groups (broad SMARTS) is 1. The molecule has 0 aromatic heterocycles. The number of carbonyl (C=O) groups is 2. The van der Waals surface area contributed by atoms with Gasteiger partial charge in [-0.25, -0.2) is 5.12 Å². The second-order valence-corrected chi connectivity index (χ2v) is 3.15. The lowest BCUT2D eigenvalue weighted by Gasteiger charge is -2.19. The Hall–Kier alpha value is -1.83. The number of nitrogens with zero attached hydrogens (tertiary/aromatic N) is 2. The average Bonchev–Trinajstić information content (AvgIpc) is 2.17. The van der Waals surface area contributed by atoms with E-state index in [-0.39, 0.29) is 0 Å². The third-order valence-corrected chi connectivity index (χ3v) is 1.68. The Kier molecular flexibility index (Phi) is 4.52. The number of hydrogen-bond donors (Lipinski definition) is 3. The van der Waals surface area contributed by atoms with Crippen molar-refractivity contribution in [1.82, 2.24) is 15.9 Å². The summed E-state index contributed by atoms with van der Waals surface area (Å²) in [5, 5.41) is 16.5. The van der Waals surface area contributed by atoms with E-state index in [2.05, 4.69) is 15.8 Å². The number of morpholine rings is 1. The van der Waals surface area contributed by atoms with Gasteiger partial charge in [0.15, 0.2) is 0 Å². The number of amides is 1. The Bertz CT molecular complexity index is 296. The highest BCUT2D eigenvalue weighted by molar-refractivity contribution is 5.93. The molecule has 0 saturated carbocycles. The first-order valence-electron chi connectivity index (χ1n) is 4.74. The molecule has 16 heavy (non-hydrogen) atoms. The van der Waals surface area contributed by atoms with Gasteiger partial charge in [0.2, 0.25) is 5.90 Å². The number of carbonyl (C=O) groups excluding carboxylic acids is 1. The maximum absolute atomic E-state index is 11.0. The summed E-state index contributed by atoms with van der Waals surface area (Å²) >= 11 is 0. The summed E-state index contributed by atoms with van der Waals surface area (Å²) < 4.78 is 5.19. The molecule has 0 bridgehead atoms. The fourth-order valence-corrected chi connectivity index (χ4v) is 1.10. The minimum atomic E-state index is -1.19. The number of hydrazone groups is 1. The van der Waals surface area contributed by atoms with E-state index in [1.54, 1.807) is 0 Å². The van der Waals surface area contributed by atoms with Crippen molar-refractivity contribution in [2.24, 2.45) is 5.10 Å². The third-order valence-electron chi connectivity index (χ3n) is 1.68. The summed E-state index contributed by atoms with van der Waals surface area (Å²) in [6.45, 7) is 1.77. The molecule has 8 heteroatoms. The Morgan fingerprint density at radius 3 is 3.00 bits per heavy atom. The van der Waals surface area contributed by atoms with Gasteiger partial charge in [0.05, 0.1) is 6.54 Å². The first-order chi connectivity index (χ1) is 7.58. The quantitative estimate of drug-likeness (QED) is 0.395. The summed E-state index contributed by atoms with van der Waals surface area (Å²) in [6.07, 6.45) is -0.589. The molecule has 8 nitrogen and oxygen atoms in total. The number of aliphatic carboxylic acids is 1. The van der Waals surface area contributed by atoms with Crippen LogP contribution in [0.25, 0.3) is 0 Å². The summed E-state index contributed by atoms with van der Waals surface area (Å²) in [5.41, 5.74) is 2.28. The molecule has 1 heterocycles. The minimum Gasteiger partial charge on any atom is -0.481 e. The van der Waals surface area contributed by atoms with Crippen molar-refractivity contribution in [3.05, 3.63) is 0 Å². The maximum atomic E-state index is 11.0. The van der Waals surface area contributed by atoms with Gasteiger partial charge in [-0.05, 0) is 0 Å². The topological polar surface area (TPSA) is 103 Å². The highest BCUT2D eigenvalue weighted by Gasteiger charge is 2.11. The molecule has 1 fully saturated rings. The summed E-state index contributed by atoms with van der Waals surface area (Å²) in [5.74, 6) is -1.37. The van der Waals surface area contributed by atoms with Crippen molar-refractivity contribution in [3.8, 4) is 0 Å². The lowest BCUT2D eigenvalue weighted by molar-refractivity contribution is -0.141. The van der Waals surface area contributed by atoms with Gasteiger partial charge >= 0.3 is 5.97 Å². The van der Waals surface area contributed by atoms with Gasteiger partial charge in [0.1, 0.15) is 13.0 Å². The lowest BCUT2D eigenvalue weighted by Crippen LogP contribution is -2.41. The van der Waals surface area contributed by atoms with Crippen LogP contribution in [-0.4, -0.2) is 54.7 Å². The highest BCUT2D eigenvalue weighted by atomic mass is 16.5. The Labute approximate surface area is 92.2 Å². The summed E-state index contributed by atoms with van der Waals surface area (Å²) in [4.78, 5) is 21.3. The number of rotatable bonds is 4. The molecule has 1 amide bonds. The van der Waals surface area contributed by atoms with Gasteiger partial charge in [-0.3, -0.25) is 15.0 Å². The van der Waals surface area contributed by atoms with E-state index in [1.807, 2.05) is 0 Å². The molecule has 1 aliphatic heterocycles. The van der Waals surface area contributed by atoms with Gasteiger partial charge in [0.25, 0.3) is 5.91 Å². The van der Waals surface area contributed by atoms with Crippen LogP contribution in [0.5, 0.6) is 0 Å².